The van der Waals surface area contributed by atoms with Crippen LogP contribution >= 0.6 is 15.9 Å². The summed E-state index contributed by atoms with van der Waals surface area (Å²) in [6.07, 6.45) is 12.7. The maximum absolute atomic E-state index is 3.50. The summed E-state index contributed by atoms with van der Waals surface area (Å²) in [7, 11) is 4.10. The maximum Gasteiger partial charge on any atom is 0.0825 e. The van der Waals surface area contributed by atoms with Gasteiger partial charge in [0.15, 0.2) is 0 Å². The highest BCUT2D eigenvalue weighted by molar-refractivity contribution is 9.10. The van der Waals surface area contributed by atoms with Crippen molar-refractivity contribution in [1.82, 2.24) is 10.2 Å². The van der Waals surface area contributed by atoms with Gasteiger partial charge in [-0.15, -0.1) is 0 Å². The highest BCUT2D eigenvalue weighted by Gasteiger charge is 2.09. The molecule has 1 aromatic rings. The number of halogens is 1. The Hall–Kier alpha value is -0.800. The van der Waals surface area contributed by atoms with E-state index in [4.69, 9.17) is 0 Å². The molecule has 0 spiro atoms. The summed E-state index contributed by atoms with van der Waals surface area (Å²) >= 11 is 3.50. The first kappa shape index (κ1) is 18.2. The molecule has 0 aromatic heterocycles. The summed E-state index contributed by atoms with van der Waals surface area (Å²) < 4.78 is 1.14. The van der Waals surface area contributed by atoms with E-state index in [1.807, 2.05) is 7.05 Å². The molecule has 1 unspecified atom stereocenters. The molecular weight excluding hydrogens is 324 g/mol. The van der Waals surface area contributed by atoms with Crippen molar-refractivity contribution < 1.29 is 0 Å². The zero-order valence-electron chi connectivity index (χ0n) is 13.6. The molecule has 1 aliphatic rings. The van der Waals surface area contributed by atoms with Crippen LogP contribution in [0.5, 0.6) is 0 Å². The minimum absolute atomic E-state index is 0.326. The van der Waals surface area contributed by atoms with Gasteiger partial charge in [-0.25, -0.2) is 0 Å². The van der Waals surface area contributed by atoms with Crippen LogP contribution in [0.2, 0.25) is 0 Å². The van der Waals surface area contributed by atoms with E-state index < -0.39 is 0 Å². The number of benzene rings is 1. The Morgan fingerprint density at radius 1 is 1.29 bits per heavy atom. The molecule has 0 aliphatic heterocycles. The van der Waals surface area contributed by atoms with Gasteiger partial charge in [0.2, 0.25) is 0 Å². The van der Waals surface area contributed by atoms with Crippen molar-refractivity contribution in [3.05, 3.63) is 46.6 Å². The Morgan fingerprint density at radius 2 is 1.95 bits per heavy atom. The van der Waals surface area contributed by atoms with Crippen molar-refractivity contribution in [3.8, 4) is 0 Å². The standard InChI is InChI=1S/C14H21BrN2.C4H8/c1-4-5-9-17(3)14(16-2)11-12-7-6-8-13(15)10-12;1-2-4-3-1/h5-10,14,16H,4,11H2,1-3H3;1-4H2/b9-5-;. The van der Waals surface area contributed by atoms with Crippen LogP contribution in [-0.2, 0) is 6.42 Å². The lowest BCUT2D eigenvalue weighted by atomic mass is 10.0. The molecule has 3 heteroatoms. The molecule has 21 heavy (non-hydrogen) atoms. The Balaban J connectivity index is 0.000000471. The molecule has 1 saturated carbocycles. The third-order valence-electron chi connectivity index (χ3n) is 3.72. The Labute approximate surface area is 138 Å². The lowest BCUT2D eigenvalue weighted by Crippen LogP contribution is -2.40. The van der Waals surface area contributed by atoms with Crippen molar-refractivity contribution in [3.63, 3.8) is 0 Å². The van der Waals surface area contributed by atoms with E-state index in [1.54, 1.807) is 0 Å². The minimum atomic E-state index is 0.326. The van der Waals surface area contributed by atoms with Gasteiger partial charge in [0.05, 0.1) is 6.17 Å². The van der Waals surface area contributed by atoms with E-state index >= 15 is 0 Å². The van der Waals surface area contributed by atoms with Crippen molar-refractivity contribution in [1.29, 1.82) is 0 Å². The van der Waals surface area contributed by atoms with Gasteiger partial charge in [0, 0.05) is 17.9 Å². The van der Waals surface area contributed by atoms with Crippen LogP contribution in [0.15, 0.2) is 41.0 Å². The molecule has 0 saturated heterocycles. The summed E-state index contributed by atoms with van der Waals surface area (Å²) in [5.41, 5.74) is 1.33. The van der Waals surface area contributed by atoms with Gasteiger partial charge in [0.25, 0.3) is 0 Å². The fraction of sp³-hybridized carbons (Fsp3) is 0.556. The molecule has 1 atom stereocenters. The zero-order valence-corrected chi connectivity index (χ0v) is 15.2. The lowest BCUT2D eigenvalue weighted by Gasteiger charge is -2.26. The molecule has 1 fully saturated rings. The highest BCUT2D eigenvalue weighted by Crippen LogP contribution is 2.15. The third-order valence-corrected chi connectivity index (χ3v) is 4.21. The van der Waals surface area contributed by atoms with E-state index in [9.17, 15) is 0 Å². The van der Waals surface area contributed by atoms with Crippen LogP contribution in [-0.4, -0.2) is 25.2 Å². The molecule has 118 valence electrons. The average molecular weight is 353 g/mol. The number of hydrogen-bond acceptors (Lipinski definition) is 2. The zero-order chi connectivity index (χ0) is 15.5. The van der Waals surface area contributed by atoms with Crippen molar-refractivity contribution in [2.75, 3.05) is 14.1 Å². The molecular formula is C18H29BrN2. The first-order valence-corrected chi connectivity index (χ1v) is 8.77. The predicted molar refractivity (Wildman–Crippen MR) is 96.4 cm³/mol. The van der Waals surface area contributed by atoms with Crippen LogP contribution < -0.4 is 5.32 Å². The molecule has 1 aromatic carbocycles. The minimum Gasteiger partial charge on any atom is -0.365 e. The first-order chi connectivity index (χ1) is 10.2. The molecule has 2 nitrogen and oxygen atoms in total. The van der Waals surface area contributed by atoms with Crippen LogP contribution in [0.1, 0.15) is 44.6 Å². The number of hydrogen-bond donors (Lipinski definition) is 1. The predicted octanol–water partition coefficient (Wildman–Crippen LogP) is 4.95. The maximum atomic E-state index is 3.50. The second-order valence-electron chi connectivity index (χ2n) is 5.51. The van der Waals surface area contributed by atoms with E-state index in [0.29, 0.717) is 6.17 Å². The van der Waals surface area contributed by atoms with E-state index in [1.165, 1.54) is 31.2 Å². The van der Waals surface area contributed by atoms with E-state index in [0.717, 1.165) is 17.3 Å². The molecule has 1 N–H and O–H groups in total. The fourth-order valence-electron chi connectivity index (χ4n) is 1.96. The van der Waals surface area contributed by atoms with Gasteiger partial charge in [-0.2, -0.15) is 0 Å². The number of allylic oxidation sites excluding steroid dienone is 1. The van der Waals surface area contributed by atoms with Gasteiger partial charge in [-0.3, -0.25) is 0 Å². The number of nitrogens with one attached hydrogen (secondary N) is 1. The fourth-order valence-corrected chi connectivity index (χ4v) is 2.41. The molecule has 0 amide bonds. The smallest absolute Gasteiger partial charge is 0.0825 e. The van der Waals surface area contributed by atoms with Crippen LogP contribution in [0, 0.1) is 0 Å². The van der Waals surface area contributed by atoms with E-state index in [-0.39, 0.29) is 0 Å². The summed E-state index contributed by atoms with van der Waals surface area (Å²) in [6, 6.07) is 8.46. The molecule has 0 bridgehead atoms. The Kier molecular flexibility index (Phi) is 9.44. The summed E-state index contributed by atoms with van der Waals surface area (Å²) in [6.45, 7) is 2.15. The lowest BCUT2D eigenvalue weighted by molar-refractivity contribution is 0.288. The summed E-state index contributed by atoms with van der Waals surface area (Å²) in [4.78, 5) is 2.21. The van der Waals surface area contributed by atoms with Crippen molar-refractivity contribution in [2.24, 2.45) is 0 Å². The SMILES string of the molecule is C1CCC1.CC/C=C\N(C)C(Cc1cccc(Br)c1)NC. The third kappa shape index (κ3) is 7.68. The van der Waals surface area contributed by atoms with Gasteiger partial charge in [-0.1, -0.05) is 66.7 Å². The summed E-state index contributed by atoms with van der Waals surface area (Å²) in [5.74, 6) is 0. The van der Waals surface area contributed by atoms with Crippen LogP contribution in [0.4, 0.5) is 0 Å². The number of likely N-dealkylation sites (N-methyl/N-ethyl adjacent to an activating group) is 2. The van der Waals surface area contributed by atoms with Gasteiger partial charge < -0.3 is 10.2 Å². The molecule has 0 heterocycles. The van der Waals surface area contributed by atoms with Crippen molar-refractivity contribution >= 4 is 15.9 Å². The Morgan fingerprint density at radius 3 is 2.43 bits per heavy atom. The molecule has 1 aliphatic carbocycles. The monoisotopic (exact) mass is 352 g/mol. The van der Waals surface area contributed by atoms with Crippen molar-refractivity contribution in [2.45, 2.75) is 51.6 Å². The van der Waals surface area contributed by atoms with E-state index in [2.05, 4.69) is 76.7 Å². The van der Waals surface area contributed by atoms with Crippen LogP contribution in [0.3, 0.4) is 0 Å². The molecule has 2 rings (SSSR count). The second kappa shape index (κ2) is 10.9. The quantitative estimate of drug-likeness (QED) is 0.728. The number of rotatable bonds is 6. The Bertz CT molecular complexity index is 409. The first-order valence-electron chi connectivity index (χ1n) is 7.97. The largest absolute Gasteiger partial charge is 0.365 e. The summed E-state index contributed by atoms with van der Waals surface area (Å²) in [5, 5.41) is 3.34. The normalized spacial score (nSPS) is 15.0. The van der Waals surface area contributed by atoms with Gasteiger partial charge in [0.1, 0.15) is 0 Å². The van der Waals surface area contributed by atoms with Crippen LogP contribution in [0.25, 0.3) is 0 Å². The average Bonchev–Trinajstić information content (AvgIpc) is 2.40. The highest BCUT2D eigenvalue weighted by atomic mass is 79.9. The van der Waals surface area contributed by atoms with Gasteiger partial charge >= 0.3 is 0 Å². The number of nitrogens with zero attached hydrogens (tertiary/aromatic N) is 1. The second-order valence-corrected chi connectivity index (χ2v) is 6.43. The molecule has 0 radical (unpaired) electrons. The van der Waals surface area contributed by atoms with Gasteiger partial charge in [-0.05, 0) is 37.4 Å². The topological polar surface area (TPSA) is 15.3 Å².